The topological polar surface area (TPSA) is 58.6 Å². The van der Waals surface area contributed by atoms with E-state index in [0.717, 1.165) is 11.1 Å². The van der Waals surface area contributed by atoms with E-state index in [4.69, 9.17) is 27.9 Å². The Morgan fingerprint density at radius 2 is 1.56 bits per heavy atom. The van der Waals surface area contributed by atoms with Gasteiger partial charge in [0.1, 0.15) is 11.8 Å². The molecule has 0 spiro atoms. The molecule has 0 radical (unpaired) electrons. The van der Waals surface area contributed by atoms with E-state index in [1.165, 1.54) is 4.90 Å². The van der Waals surface area contributed by atoms with Gasteiger partial charge in [0.05, 0.1) is 5.02 Å². The van der Waals surface area contributed by atoms with Crippen molar-refractivity contribution in [1.29, 1.82) is 0 Å². The third kappa shape index (κ3) is 6.74. The molecule has 1 N–H and O–H groups in total. The fraction of sp³-hybridized carbons (Fsp3) is 0.200. The van der Waals surface area contributed by atoms with Gasteiger partial charge < -0.3 is 15.0 Å². The number of benzene rings is 3. The maximum atomic E-state index is 13.1. The van der Waals surface area contributed by atoms with Gasteiger partial charge in [-0.15, -0.1) is 0 Å². The molecule has 1 atom stereocenters. The molecule has 0 saturated heterocycles. The number of hydrogen-bond acceptors (Lipinski definition) is 3. The number of nitrogens with one attached hydrogen (secondary N) is 1. The van der Waals surface area contributed by atoms with Gasteiger partial charge in [0.25, 0.3) is 5.91 Å². The summed E-state index contributed by atoms with van der Waals surface area (Å²) in [5.74, 6) is -0.160. The molecular weight excluding hydrogens is 447 g/mol. The zero-order valence-electron chi connectivity index (χ0n) is 17.6. The molecule has 5 nitrogen and oxygen atoms in total. The maximum absolute atomic E-state index is 13.1. The minimum absolute atomic E-state index is 0.231. The lowest BCUT2D eigenvalue weighted by Crippen LogP contribution is -2.48. The number of rotatable bonds is 9. The largest absolute Gasteiger partial charge is 0.482 e. The van der Waals surface area contributed by atoms with Crippen molar-refractivity contribution >= 4 is 35.0 Å². The Morgan fingerprint density at radius 3 is 2.25 bits per heavy atom. The lowest BCUT2D eigenvalue weighted by molar-refractivity contribution is -0.142. The Kier molecular flexibility index (Phi) is 8.54. The molecular formula is C25H24Cl2N2O3. The van der Waals surface area contributed by atoms with Crippen LogP contribution < -0.4 is 10.1 Å². The molecule has 0 aliphatic carbocycles. The Balaban J connectivity index is 1.68. The molecule has 0 bridgehead atoms. The predicted molar refractivity (Wildman–Crippen MR) is 127 cm³/mol. The van der Waals surface area contributed by atoms with Crippen molar-refractivity contribution in [2.75, 3.05) is 6.61 Å². The summed E-state index contributed by atoms with van der Waals surface area (Å²) in [7, 11) is 0. The Bertz CT molecular complexity index is 1040. The smallest absolute Gasteiger partial charge is 0.261 e. The molecule has 0 saturated carbocycles. The highest BCUT2D eigenvalue weighted by atomic mass is 35.5. The zero-order valence-corrected chi connectivity index (χ0v) is 19.1. The first-order chi connectivity index (χ1) is 15.4. The first kappa shape index (κ1) is 23.6. The number of ether oxygens (including phenoxy) is 1. The average Bonchev–Trinajstić information content (AvgIpc) is 2.81. The minimum atomic E-state index is -0.704. The quantitative estimate of drug-likeness (QED) is 0.472. The van der Waals surface area contributed by atoms with Gasteiger partial charge in [-0.3, -0.25) is 9.59 Å². The van der Waals surface area contributed by atoms with Gasteiger partial charge >= 0.3 is 0 Å². The van der Waals surface area contributed by atoms with E-state index in [2.05, 4.69) is 5.32 Å². The summed E-state index contributed by atoms with van der Waals surface area (Å²) in [6, 6.07) is 23.0. The van der Waals surface area contributed by atoms with Crippen LogP contribution in [0, 0.1) is 0 Å². The van der Waals surface area contributed by atoms with Gasteiger partial charge in [-0.1, -0.05) is 77.8 Å². The molecule has 3 aromatic carbocycles. The van der Waals surface area contributed by atoms with Gasteiger partial charge in [-0.05, 0) is 42.3 Å². The van der Waals surface area contributed by atoms with Gasteiger partial charge in [0.15, 0.2) is 6.61 Å². The molecule has 166 valence electrons. The fourth-order valence-electron chi connectivity index (χ4n) is 3.09. The first-order valence-electron chi connectivity index (χ1n) is 10.2. The second-order valence-corrected chi connectivity index (χ2v) is 8.09. The number of carbonyl (C=O) groups excluding carboxylic acids is 2. The third-order valence-corrected chi connectivity index (χ3v) is 5.50. The number of para-hydroxylation sites is 1. The summed E-state index contributed by atoms with van der Waals surface area (Å²) in [5.41, 5.74) is 1.83. The van der Waals surface area contributed by atoms with Crippen LogP contribution in [0.4, 0.5) is 0 Å². The average molecular weight is 471 g/mol. The van der Waals surface area contributed by atoms with Gasteiger partial charge in [-0.25, -0.2) is 0 Å². The number of carbonyl (C=O) groups is 2. The van der Waals surface area contributed by atoms with Crippen LogP contribution >= 0.6 is 23.2 Å². The second kappa shape index (κ2) is 11.6. The molecule has 3 rings (SSSR count). The van der Waals surface area contributed by atoms with Crippen molar-refractivity contribution in [2.24, 2.45) is 0 Å². The van der Waals surface area contributed by atoms with Crippen LogP contribution in [-0.2, 0) is 22.7 Å². The van der Waals surface area contributed by atoms with E-state index in [9.17, 15) is 9.59 Å². The lowest BCUT2D eigenvalue weighted by atomic mass is 10.1. The van der Waals surface area contributed by atoms with Gasteiger partial charge in [0.2, 0.25) is 5.91 Å². The number of amides is 2. The summed E-state index contributed by atoms with van der Waals surface area (Å²) in [6.07, 6.45) is 0. The maximum Gasteiger partial charge on any atom is 0.261 e. The highest BCUT2D eigenvalue weighted by Crippen LogP contribution is 2.23. The lowest BCUT2D eigenvalue weighted by Gasteiger charge is -2.29. The molecule has 0 aliphatic rings. The highest BCUT2D eigenvalue weighted by molar-refractivity contribution is 6.32. The van der Waals surface area contributed by atoms with Crippen molar-refractivity contribution in [3.63, 3.8) is 0 Å². The summed E-state index contributed by atoms with van der Waals surface area (Å²) in [6.45, 7) is 2.09. The van der Waals surface area contributed by atoms with Crippen LogP contribution in [-0.4, -0.2) is 29.4 Å². The molecule has 0 aliphatic heterocycles. The van der Waals surface area contributed by atoms with Crippen LogP contribution in [0.5, 0.6) is 5.75 Å². The SMILES string of the molecule is CC(C(=O)NCc1ccc(Cl)cc1)N(Cc1ccccc1)C(=O)COc1ccccc1Cl. The van der Waals surface area contributed by atoms with Crippen molar-refractivity contribution in [1.82, 2.24) is 10.2 Å². The van der Waals surface area contributed by atoms with Crippen LogP contribution in [0.3, 0.4) is 0 Å². The zero-order chi connectivity index (χ0) is 22.9. The van der Waals surface area contributed by atoms with Crippen LogP contribution in [0.15, 0.2) is 78.9 Å². The number of hydrogen-bond donors (Lipinski definition) is 1. The normalized spacial score (nSPS) is 11.5. The molecule has 0 fully saturated rings. The minimum Gasteiger partial charge on any atom is -0.482 e. The molecule has 0 heterocycles. The van der Waals surface area contributed by atoms with E-state index in [-0.39, 0.29) is 25.0 Å². The first-order valence-corrected chi connectivity index (χ1v) is 10.9. The molecule has 7 heteroatoms. The monoisotopic (exact) mass is 470 g/mol. The van der Waals surface area contributed by atoms with Crippen molar-refractivity contribution < 1.29 is 14.3 Å². The van der Waals surface area contributed by atoms with Crippen molar-refractivity contribution in [3.05, 3.63) is 100 Å². The summed E-state index contributed by atoms with van der Waals surface area (Å²) in [5, 5.41) is 3.94. The summed E-state index contributed by atoms with van der Waals surface area (Å²) < 4.78 is 5.62. The standard InChI is InChI=1S/C25H24Cl2N2O3/c1-18(25(31)28-15-19-11-13-21(26)14-12-19)29(16-20-7-3-2-4-8-20)24(30)17-32-23-10-6-5-9-22(23)27/h2-14,18H,15-17H2,1H3,(H,28,31). The molecule has 0 aromatic heterocycles. The van der Waals surface area contributed by atoms with Crippen molar-refractivity contribution in [2.45, 2.75) is 26.1 Å². The van der Waals surface area contributed by atoms with E-state index >= 15 is 0 Å². The van der Waals surface area contributed by atoms with Crippen molar-refractivity contribution in [3.8, 4) is 5.75 Å². The third-order valence-electron chi connectivity index (χ3n) is 4.93. The van der Waals surface area contributed by atoms with Gasteiger partial charge in [-0.2, -0.15) is 0 Å². The number of nitrogens with zero attached hydrogens (tertiary/aromatic N) is 1. The molecule has 32 heavy (non-hydrogen) atoms. The van der Waals surface area contributed by atoms with E-state index < -0.39 is 6.04 Å². The second-order valence-electron chi connectivity index (χ2n) is 7.25. The van der Waals surface area contributed by atoms with E-state index in [1.807, 2.05) is 42.5 Å². The van der Waals surface area contributed by atoms with Crippen LogP contribution in [0.2, 0.25) is 10.0 Å². The predicted octanol–water partition coefficient (Wildman–Crippen LogP) is 5.11. The van der Waals surface area contributed by atoms with E-state index in [1.54, 1.807) is 43.3 Å². The Hall–Kier alpha value is -3.02. The molecule has 2 amide bonds. The number of halogens is 2. The fourth-order valence-corrected chi connectivity index (χ4v) is 3.40. The van der Waals surface area contributed by atoms with Crippen LogP contribution in [0.25, 0.3) is 0 Å². The summed E-state index contributed by atoms with van der Waals surface area (Å²) >= 11 is 12.0. The highest BCUT2D eigenvalue weighted by Gasteiger charge is 2.26. The Labute approximate surface area is 197 Å². The Morgan fingerprint density at radius 1 is 0.906 bits per heavy atom. The van der Waals surface area contributed by atoms with E-state index in [0.29, 0.717) is 22.3 Å². The molecule has 1 unspecified atom stereocenters. The molecule has 3 aromatic rings. The summed E-state index contributed by atoms with van der Waals surface area (Å²) in [4.78, 5) is 27.4. The van der Waals surface area contributed by atoms with Gasteiger partial charge in [0, 0.05) is 18.1 Å². The van der Waals surface area contributed by atoms with Crippen LogP contribution in [0.1, 0.15) is 18.1 Å².